The number of carbonyl (C=O) groups excluding carboxylic acids is 1. The number of amides is 1. The Labute approximate surface area is 136 Å². The first-order chi connectivity index (χ1) is 11.3. The predicted octanol–water partition coefficient (Wildman–Crippen LogP) is 0.950. The van der Waals surface area contributed by atoms with Crippen LogP contribution in [0.15, 0.2) is 12.3 Å². The Bertz CT molecular complexity index is 526. The van der Waals surface area contributed by atoms with Crippen molar-refractivity contribution in [2.75, 3.05) is 51.4 Å². The molecule has 126 valence electrons. The van der Waals surface area contributed by atoms with Gasteiger partial charge < -0.3 is 19.3 Å². The highest BCUT2D eigenvalue weighted by atomic mass is 16.5. The summed E-state index contributed by atoms with van der Waals surface area (Å²) in [5.74, 6) is 1.63. The maximum Gasteiger partial charge on any atom is 0.318 e. The Kier molecular flexibility index (Phi) is 5.27. The molecule has 1 aromatic heterocycles. The molecule has 2 saturated heterocycles. The van der Waals surface area contributed by atoms with Crippen LogP contribution in [0.5, 0.6) is 6.01 Å². The summed E-state index contributed by atoms with van der Waals surface area (Å²) in [6, 6.07) is 2.30. The normalized spacial score (nSPS) is 19.7. The van der Waals surface area contributed by atoms with E-state index in [1.807, 2.05) is 11.0 Å². The van der Waals surface area contributed by atoms with Crippen LogP contribution in [-0.2, 0) is 9.53 Å². The van der Waals surface area contributed by atoms with E-state index < -0.39 is 0 Å². The summed E-state index contributed by atoms with van der Waals surface area (Å²) < 4.78 is 10.4. The molecule has 1 aromatic rings. The molecule has 0 spiro atoms. The second-order valence-corrected chi connectivity index (χ2v) is 6.03. The van der Waals surface area contributed by atoms with Gasteiger partial charge in [-0.25, -0.2) is 4.98 Å². The van der Waals surface area contributed by atoms with Crippen molar-refractivity contribution in [3.8, 4) is 6.01 Å². The smallest absolute Gasteiger partial charge is 0.318 e. The van der Waals surface area contributed by atoms with Gasteiger partial charge >= 0.3 is 6.01 Å². The molecule has 3 heterocycles. The van der Waals surface area contributed by atoms with E-state index in [1.54, 1.807) is 13.3 Å². The Morgan fingerprint density at radius 3 is 2.74 bits per heavy atom. The Balaban J connectivity index is 1.49. The number of methoxy groups -OCH3 is 1. The van der Waals surface area contributed by atoms with Crippen LogP contribution in [0.25, 0.3) is 0 Å². The van der Waals surface area contributed by atoms with Crippen LogP contribution in [0.4, 0.5) is 5.82 Å². The number of ether oxygens (including phenoxy) is 2. The predicted molar refractivity (Wildman–Crippen MR) is 85.5 cm³/mol. The van der Waals surface area contributed by atoms with E-state index in [4.69, 9.17) is 9.47 Å². The van der Waals surface area contributed by atoms with Gasteiger partial charge in [0.15, 0.2) is 0 Å². The van der Waals surface area contributed by atoms with Gasteiger partial charge in [-0.2, -0.15) is 4.98 Å². The zero-order valence-corrected chi connectivity index (χ0v) is 13.6. The first-order valence-electron chi connectivity index (χ1n) is 8.24. The fourth-order valence-electron chi connectivity index (χ4n) is 3.16. The number of nitrogens with zero attached hydrogens (tertiary/aromatic N) is 4. The van der Waals surface area contributed by atoms with E-state index in [0.29, 0.717) is 31.6 Å². The van der Waals surface area contributed by atoms with Crippen LogP contribution >= 0.6 is 0 Å². The number of anilines is 1. The molecule has 0 bridgehead atoms. The quantitative estimate of drug-likeness (QED) is 0.823. The Morgan fingerprint density at radius 1 is 1.30 bits per heavy atom. The van der Waals surface area contributed by atoms with E-state index in [0.717, 1.165) is 44.8 Å². The monoisotopic (exact) mass is 320 g/mol. The van der Waals surface area contributed by atoms with Crippen LogP contribution in [0.2, 0.25) is 0 Å². The number of hydrogen-bond acceptors (Lipinski definition) is 6. The molecule has 0 atom stereocenters. The van der Waals surface area contributed by atoms with Gasteiger partial charge in [0.1, 0.15) is 5.82 Å². The molecule has 7 heteroatoms. The third-order valence-electron chi connectivity index (χ3n) is 4.57. The number of morpholine rings is 1. The van der Waals surface area contributed by atoms with E-state index >= 15 is 0 Å². The zero-order chi connectivity index (χ0) is 16.1. The number of piperidine rings is 1. The first-order valence-corrected chi connectivity index (χ1v) is 8.24. The summed E-state index contributed by atoms with van der Waals surface area (Å²) in [7, 11) is 1.57. The van der Waals surface area contributed by atoms with E-state index in [9.17, 15) is 4.79 Å². The lowest BCUT2D eigenvalue weighted by molar-refractivity contribution is -0.136. The van der Waals surface area contributed by atoms with Crippen molar-refractivity contribution in [3.05, 3.63) is 12.3 Å². The van der Waals surface area contributed by atoms with Gasteiger partial charge in [0.25, 0.3) is 0 Å². The SMILES string of the molecule is COc1nccc(N2CCC(CC(=O)N3CCOCC3)CC2)n1. The summed E-state index contributed by atoms with van der Waals surface area (Å²) in [6.45, 7) is 4.64. The van der Waals surface area contributed by atoms with Crippen LogP contribution < -0.4 is 9.64 Å². The van der Waals surface area contributed by atoms with Crippen molar-refractivity contribution in [2.45, 2.75) is 19.3 Å². The highest BCUT2D eigenvalue weighted by Gasteiger charge is 2.25. The van der Waals surface area contributed by atoms with Crippen LogP contribution in [0.3, 0.4) is 0 Å². The van der Waals surface area contributed by atoms with Crippen molar-refractivity contribution >= 4 is 11.7 Å². The lowest BCUT2D eigenvalue weighted by Crippen LogP contribution is -2.42. The van der Waals surface area contributed by atoms with Crippen LogP contribution in [0, 0.1) is 5.92 Å². The molecule has 0 aliphatic carbocycles. The third-order valence-corrected chi connectivity index (χ3v) is 4.57. The summed E-state index contributed by atoms with van der Waals surface area (Å²) in [5.41, 5.74) is 0. The third kappa shape index (κ3) is 4.10. The minimum absolute atomic E-state index is 0.274. The lowest BCUT2D eigenvalue weighted by Gasteiger charge is -2.34. The van der Waals surface area contributed by atoms with Gasteiger partial charge in [-0.3, -0.25) is 4.79 Å². The zero-order valence-electron chi connectivity index (χ0n) is 13.6. The first kappa shape index (κ1) is 16.0. The Hall–Kier alpha value is -1.89. The van der Waals surface area contributed by atoms with Gasteiger partial charge in [0.2, 0.25) is 5.91 Å². The second kappa shape index (κ2) is 7.59. The van der Waals surface area contributed by atoms with Crippen LogP contribution in [-0.4, -0.2) is 67.3 Å². The molecule has 2 aliphatic rings. The molecule has 1 amide bonds. The van der Waals surface area contributed by atoms with E-state index in [-0.39, 0.29) is 5.91 Å². The van der Waals surface area contributed by atoms with E-state index in [1.165, 1.54) is 0 Å². The molecule has 7 nitrogen and oxygen atoms in total. The standard InChI is InChI=1S/C16H24N4O3/c1-22-16-17-5-2-14(18-16)19-6-3-13(4-7-19)12-15(21)20-8-10-23-11-9-20/h2,5,13H,3-4,6-12H2,1H3. The van der Waals surface area contributed by atoms with Crippen molar-refractivity contribution in [2.24, 2.45) is 5.92 Å². The van der Waals surface area contributed by atoms with Crippen LogP contribution in [0.1, 0.15) is 19.3 Å². The van der Waals surface area contributed by atoms with Gasteiger partial charge in [0.05, 0.1) is 20.3 Å². The van der Waals surface area contributed by atoms with Gasteiger partial charge in [-0.05, 0) is 24.8 Å². The maximum absolute atomic E-state index is 12.3. The molecule has 0 aromatic carbocycles. The van der Waals surface area contributed by atoms with Gasteiger partial charge in [-0.1, -0.05) is 0 Å². The lowest BCUT2D eigenvalue weighted by atomic mass is 9.93. The number of rotatable bonds is 4. The van der Waals surface area contributed by atoms with Crippen molar-refractivity contribution in [3.63, 3.8) is 0 Å². The highest BCUT2D eigenvalue weighted by Crippen LogP contribution is 2.25. The average Bonchev–Trinajstić information content (AvgIpc) is 2.63. The molecule has 0 N–H and O–H groups in total. The number of aromatic nitrogens is 2. The largest absolute Gasteiger partial charge is 0.467 e. The summed E-state index contributed by atoms with van der Waals surface area (Å²) in [5, 5.41) is 0. The molecule has 23 heavy (non-hydrogen) atoms. The molecule has 2 fully saturated rings. The Morgan fingerprint density at radius 2 is 2.04 bits per heavy atom. The van der Waals surface area contributed by atoms with Gasteiger partial charge in [0, 0.05) is 38.8 Å². The minimum Gasteiger partial charge on any atom is -0.467 e. The average molecular weight is 320 g/mol. The van der Waals surface area contributed by atoms with E-state index in [2.05, 4.69) is 14.9 Å². The summed E-state index contributed by atoms with van der Waals surface area (Å²) in [6.07, 6.45) is 4.40. The highest BCUT2D eigenvalue weighted by molar-refractivity contribution is 5.76. The summed E-state index contributed by atoms with van der Waals surface area (Å²) >= 11 is 0. The van der Waals surface area contributed by atoms with Crippen molar-refractivity contribution in [1.82, 2.24) is 14.9 Å². The molecular formula is C16H24N4O3. The number of hydrogen-bond donors (Lipinski definition) is 0. The maximum atomic E-state index is 12.3. The molecule has 3 rings (SSSR count). The molecule has 0 radical (unpaired) electrons. The van der Waals surface area contributed by atoms with Crippen molar-refractivity contribution in [1.29, 1.82) is 0 Å². The fourth-order valence-corrected chi connectivity index (χ4v) is 3.16. The molecular weight excluding hydrogens is 296 g/mol. The second-order valence-electron chi connectivity index (χ2n) is 6.03. The fraction of sp³-hybridized carbons (Fsp3) is 0.688. The number of carbonyl (C=O) groups is 1. The van der Waals surface area contributed by atoms with Crippen molar-refractivity contribution < 1.29 is 14.3 Å². The molecule has 0 saturated carbocycles. The minimum atomic E-state index is 0.274. The molecule has 2 aliphatic heterocycles. The molecule has 0 unspecified atom stereocenters. The topological polar surface area (TPSA) is 67.8 Å². The van der Waals surface area contributed by atoms with Gasteiger partial charge in [-0.15, -0.1) is 0 Å². The summed E-state index contributed by atoms with van der Waals surface area (Å²) in [4.78, 5) is 24.9.